The lowest BCUT2D eigenvalue weighted by molar-refractivity contribution is -0.161. The number of carbonyl (C=O) groups excluding carboxylic acids is 3. The van der Waals surface area contributed by atoms with E-state index in [2.05, 4.69) is 16.6 Å². The van der Waals surface area contributed by atoms with E-state index < -0.39 is 29.7 Å². The van der Waals surface area contributed by atoms with Crippen LogP contribution in [0.1, 0.15) is 27.2 Å². The summed E-state index contributed by atoms with van der Waals surface area (Å²) in [7, 11) is 0. The van der Waals surface area contributed by atoms with E-state index in [0.717, 1.165) is 0 Å². The number of hydrogen-bond acceptors (Lipinski definition) is 5. The Morgan fingerprint density at radius 2 is 2.06 bits per heavy atom. The average molecular weight is 241 g/mol. The van der Waals surface area contributed by atoms with Gasteiger partial charge in [0.15, 0.2) is 0 Å². The monoisotopic (exact) mass is 241 g/mol. The zero-order chi connectivity index (χ0) is 13.2. The fourth-order valence-corrected chi connectivity index (χ4v) is 1.21. The molecule has 0 aromatic carbocycles. The fourth-order valence-electron chi connectivity index (χ4n) is 1.21. The standard InChI is InChI=1S/C11H15NO5/c1-6-5-7(9(14)16-8(6)13)12-10(15)17-11(2,3)4/h7H,1,5H2,2-4H3,(H,12,15)/t7-/m0/s1. The first-order chi connectivity index (χ1) is 7.69. The Bertz CT molecular complexity index is 380. The molecule has 17 heavy (non-hydrogen) atoms. The largest absolute Gasteiger partial charge is 0.444 e. The zero-order valence-corrected chi connectivity index (χ0v) is 10.0. The maximum atomic E-state index is 11.4. The molecular weight excluding hydrogens is 226 g/mol. The summed E-state index contributed by atoms with van der Waals surface area (Å²) in [5.74, 6) is -1.55. The Morgan fingerprint density at radius 1 is 1.47 bits per heavy atom. The quantitative estimate of drug-likeness (QED) is 0.419. The van der Waals surface area contributed by atoms with Gasteiger partial charge in [0.2, 0.25) is 0 Å². The SMILES string of the molecule is C=C1C[C@H](NC(=O)OC(C)(C)C)C(=O)OC1=O. The highest BCUT2D eigenvalue weighted by Gasteiger charge is 2.33. The third-order valence-electron chi connectivity index (χ3n) is 1.91. The second-order valence-electron chi connectivity index (χ2n) is 4.72. The molecule has 1 atom stereocenters. The van der Waals surface area contributed by atoms with E-state index in [1.54, 1.807) is 20.8 Å². The normalized spacial score (nSPS) is 20.9. The molecular formula is C11H15NO5. The van der Waals surface area contributed by atoms with Crippen molar-refractivity contribution in [3.05, 3.63) is 12.2 Å². The summed E-state index contributed by atoms with van der Waals surface area (Å²) in [6.45, 7) is 8.55. The van der Waals surface area contributed by atoms with Gasteiger partial charge in [-0.05, 0) is 20.8 Å². The van der Waals surface area contributed by atoms with Gasteiger partial charge >= 0.3 is 18.0 Å². The number of nitrogens with one attached hydrogen (secondary N) is 1. The third kappa shape index (κ3) is 3.90. The summed E-state index contributed by atoms with van der Waals surface area (Å²) in [6, 6.07) is -0.921. The molecule has 1 heterocycles. The molecule has 0 spiro atoms. The van der Waals surface area contributed by atoms with Gasteiger partial charge in [-0.25, -0.2) is 14.4 Å². The van der Waals surface area contributed by atoms with Crippen molar-refractivity contribution in [2.75, 3.05) is 0 Å². The smallest absolute Gasteiger partial charge is 0.408 e. The highest BCUT2D eigenvalue weighted by Crippen LogP contribution is 2.15. The van der Waals surface area contributed by atoms with Gasteiger partial charge < -0.3 is 14.8 Å². The van der Waals surface area contributed by atoms with Crippen LogP contribution in [0.3, 0.4) is 0 Å². The first-order valence-electron chi connectivity index (χ1n) is 5.12. The molecule has 1 fully saturated rings. The first-order valence-corrected chi connectivity index (χ1v) is 5.12. The summed E-state index contributed by atoms with van der Waals surface area (Å²) in [4.78, 5) is 33.7. The van der Waals surface area contributed by atoms with Crippen molar-refractivity contribution < 1.29 is 23.9 Å². The summed E-state index contributed by atoms with van der Waals surface area (Å²) in [6.07, 6.45) is -0.696. The molecule has 0 unspecified atom stereocenters. The second-order valence-corrected chi connectivity index (χ2v) is 4.72. The summed E-state index contributed by atoms with van der Waals surface area (Å²) < 4.78 is 9.37. The molecule has 1 N–H and O–H groups in total. The maximum absolute atomic E-state index is 11.4. The first kappa shape index (κ1) is 13.2. The van der Waals surface area contributed by atoms with E-state index in [9.17, 15) is 14.4 Å². The minimum absolute atomic E-state index is 0.0386. The summed E-state index contributed by atoms with van der Waals surface area (Å²) in [5.41, 5.74) is -0.513. The number of cyclic esters (lactones) is 2. The van der Waals surface area contributed by atoms with Crippen LogP contribution in [0.25, 0.3) is 0 Å². The van der Waals surface area contributed by atoms with E-state index in [-0.39, 0.29) is 12.0 Å². The van der Waals surface area contributed by atoms with E-state index in [1.165, 1.54) is 0 Å². The molecule has 1 amide bonds. The Kier molecular flexibility index (Phi) is 3.55. The van der Waals surface area contributed by atoms with Crippen molar-refractivity contribution in [2.24, 2.45) is 0 Å². The number of alkyl carbamates (subject to hydrolysis) is 1. The van der Waals surface area contributed by atoms with Crippen molar-refractivity contribution in [3.8, 4) is 0 Å². The number of hydrogen-bond donors (Lipinski definition) is 1. The van der Waals surface area contributed by atoms with Crippen molar-refractivity contribution >= 4 is 18.0 Å². The Hall–Kier alpha value is -1.85. The van der Waals surface area contributed by atoms with Crippen LogP contribution in [0.5, 0.6) is 0 Å². The molecule has 1 rings (SSSR count). The fraction of sp³-hybridized carbons (Fsp3) is 0.545. The Morgan fingerprint density at radius 3 is 2.59 bits per heavy atom. The molecule has 0 aromatic heterocycles. The summed E-state index contributed by atoms with van der Waals surface area (Å²) >= 11 is 0. The highest BCUT2D eigenvalue weighted by atomic mass is 16.6. The molecule has 0 radical (unpaired) electrons. The van der Waals surface area contributed by atoms with E-state index in [1.807, 2.05) is 0 Å². The molecule has 6 heteroatoms. The topological polar surface area (TPSA) is 81.7 Å². The molecule has 1 saturated heterocycles. The number of rotatable bonds is 1. The molecule has 6 nitrogen and oxygen atoms in total. The molecule has 0 aliphatic carbocycles. The maximum Gasteiger partial charge on any atom is 0.408 e. The van der Waals surface area contributed by atoms with E-state index >= 15 is 0 Å². The van der Waals surface area contributed by atoms with Gasteiger partial charge in [0.1, 0.15) is 11.6 Å². The van der Waals surface area contributed by atoms with E-state index in [0.29, 0.717) is 0 Å². The molecule has 94 valence electrons. The van der Waals surface area contributed by atoms with Crippen LogP contribution in [-0.4, -0.2) is 29.7 Å². The molecule has 0 saturated carbocycles. The molecule has 0 bridgehead atoms. The van der Waals surface area contributed by atoms with Crippen molar-refractivity contribution in [2.45, 2.75) is 38.8 Å². The number of esters is 2. The predicted molar refractivity (Wildman–Crippen MR) is 58.0 cm³/mol. The van der Waals surface area contributed by atoms with Crippen LogP contribution in [0.2, 0.25) is 0 Å². The van der Waals surface area contributed by atoms with E-state index in [4.69, 9.17) is 4.74 Å². The Balaban J connectivity index is 2.57. The van der Waals surface area contributed by atoms with Gasteiger partial charge in [-0.1, -0.05) is 6.58 Å². The van der Waals surface area contributed by atoms with Crippen LogP contribution in [0, 0.1) is 0 Å². The predicted octanol–water partition coefficient (Wildman–Crippen LogP) is 0.909. The lowest BCUT2D eigenvalue weighted by Gasteiger charge is -2.24. The Labute approximate surface area is 99.0 Å². The molecule has 1 aliphatic rings. The second kappa shape index (κ2) is 4.57. The van der Waals surface area contributed by atoms with Gasteiger partial charge in [-0.2, -0.15) is 0 Å². The van der Waals surface area contributed by atoms with Crippen molar-refractivity contribution in [1.82, 2.24) is 5.32 Å². The lowest BCUT2D eigenvalue weighted by Crippen LogP contribution is -2.47. The van der Waals surface area contributed by atoms with Crippen LogP contribution in [0.4, 0.5) is 4.79 Å². The van der Waals surface area contributed by atoms with Crippen molar-refractivity contribution in [1.29, 1.82) is 0 Å². The molecule has 1 aliphatic heterocycles. The number of amides is 1. The highest BCUT2D eigenvalue weighted by molar-refractivity contribution is 6.01. The molecule has 0 aromatic rings. The third-order valence-corrected chi connectivity index (χ3v) is 1.91. The van der Waals surface area contributed by atoms with Crippen LogP contribution in [-0.2, 0) is 19.1 Å². The number of ether oxygens (including phenoxy) is 2. The van der Waals surface area contributed by atoms with Crippen LogP contribution >= 0.6 is 0 Å². The van der Waals surface area contributed by atoms with Gasteiger partial charge in [-0.15, -0.1) is 0 Å². The average Bonchev–Trinajstić information content (AvgIpc) is 2.11. The van der Waals surface area contributed by atoms with Crippen molar-refractivity contribution in [3.63, 3.8) is 0 Å². The zero-order valence-electron chi connectivity index (χ0n) is 10.0. The van der Waals surface area contributed by atoms with Gasteiger partial charge in [-0.3, -0.25) is 0 Å². The lowest BCUT2D eigenvalue weighted by atomic mass is 10.1. The van der Waals surface area contributed by atoms with Crippen LogP contribution < -0.4 is 5.32 Å². The van der Waals surface area contributed by atoms with Gasteiger partial charge in [0.05, 0.1) is 0 Å². The van der Waals surface area contributed by atoms with Crippen LogP contribution in [0.15, 0.2) is 12.2 Å². The minimum Gasteiger partial charge on any atom is -0.444 e. The van der Waals surface area contributed by atoms with Gasteiger partial charge in [0.25, 0.3) is 0 Å². The summed E-state index contributed by atoms with van der Waals surface area (Å²) in [5, 5.41) is 2.33. The number of carbonyl (C=O) groups is 3. The minimum atomic E-state index is -0.921. The van der Waals surface area contributed by atoms with Gasteiger partial charge in [0, 0.05) is 12.0 Å².